The van der Waals surface area contributed by atoms with Crippen LogP contribution >= 0.6 is 15.9 Å². The van der Waals surface area contributed by atoms with Crippen LogP contribution in [0.15, 0.2) is 28.7 Å². The van der Waals surface area contributed by atoms with Crippen LogP contribution in [0.3, 0.4) is 0 Å². The molecule has 1 aliphatic rings. The number of carbonyl (C=O) groups is 1. The third kappa shape index (κ3) is 4.78. The number of carbonyl (C=O) groups excluding carboxylic acids is 1. The first-order valence-corrected chi connectivity index (χ1v) is 10.1. The molecule has 1 aromatic carbocycles. The molecule has 6 nitrogen and oxygen atoms in total. The van der Waals surface area contributed by atoms with Crippen molar-refractivity contribution in [3.63, 3.8) is 0 Å². The Balaban J connectivity index is 1.75. The molecule has 0 spiro atoms. The predicted molar refractivity (Wildman–Crippen MR) is 110 cm³/mol. The number of morpholine rings is 1. The molecule has 2 atom stereocenters. The van der Waals surface area contributed by atoms with Crippen molar-refractivity contribution in [2.45, 2.75) is 52.4 Å². The molecule has 0 saturated carbocycles. The number of nitrogens with one attached hydrogen (secondary N) is 2. The Labute approximate surface area is 168 Å². The highest BCUT2D eigenvalue weighted by Gasteiger charge is 2.24. The maximum Gasteiger partial charge on any atom is 0.277 e. The summed E-state index contributed by atoms with van der Waals surface area (Å²) in [4.78, 5) is 15.1. The number of hydrogen-bond donors (Lipinski definition) is 2. The number of rotatable bonds is 5. The van der Waals surface area contributed by atoms with E-state index in [0.29, 0.717) is 5.69 Å². The fourth-order valence-corrected chi connectivity index (χ4v) is 4.31. The van der Waals surface area contributed by atoms with Gasteiger partial charge in [0, 0.05) is 25.3 Å². The van der Waals surface area contributed by atoms with Gasteiger partial charge in [0.15, 0.2) is 5.69 Å². The van der Waals surface area contributed by atoms with Crippen molar-refractivity contribution in [3.05, 3.63) is 45.7 Å². The predicted octanol–water partition coefficient (Wildman–Crippen LogP) is 4.16. The van der Waals surface area contributed by atoms with Crippen molar-refractivity contribution >= 4 is 27.5 Å². The molecule has 1 fully saturated rings. The molecule has 27 heavy (non-hydrogen) atoms. The number of para-hydroxylation sites is 1. The summed E-state index contributed by atoms with van der Waals surface area (Å²) >= 11 is 3.50. The van der Waals surface area contributed by atoms with E-state index < -0.39 is 0 Å². The minimum absolute atomic E-state index is 0.213. The number of ether oxygens (including phenoxy) is 1. The summed E-state index contributed by atoms with van der Waals surface area (Å²) in [5.41, 5.74) is 3.20. The summed E-state index contributed by atoms with van der Waals surface area (Å²) in [6.45, 7) is 10.8. The zero-order valence-corrected chi connectivity index (χ0v) is 17.8. The summed E-state index contributed by atoms with van der Waals surface area (Å²) in [6.07, 6.45) is 0.426. The molecule has 1 aliphatic heterocycles. The van der Waals surface area contributed by atoms with Crippen molar-refractivity contribution < 1.29 is 9.53 Å². The highest BCUT2D eigenvalue weighted by Crippen LogP contribution is 2.27. The standard InChI is InChI=1S/C20H27BrN4O2/c1-12(2)18-17(21)19(24-23-18)20(26)22-16-8-6-5-7-15(16)11-25-9-13(3)27-14(4)10-25/h5-8,12-14H,9-11H2,1-4H3,(H,22,26)(H,23,24). The highest BCUT2D eigenvalue weighted by atomic mass is 79.9. The van der Waals surface area contributed by atoms with Crippen LogP contribution in [0.1, 0.15) is 55.4 Å². The molecule has 1 saturated heterocycles. The zero-order chi connectivity index (χ0) is 19.6. The molecule has 2 unspecified atom stereocenters. The topological polar surface area (TPSA) is 70.2 Å². The monoisotopic (exact) mass is 434 g/mol. The van der Waals surface area contributed by atoms with Crippen molar-refractivity contribution in [2.24, 2.45) is 0 Å². The highest BCUT2D eigenvalue weighted by molar-refractivity contribution is 9.10. The lowest BCUT2D eigenvalue weighted by Crippen LogP contribution is -2.44. The largest absolute Gasteiger partial charge is 0.373 e. The molecular formula is C20H27BrN4O2. The van der Waals surface area contributed by atoms with Gasteiger partial charge in [-0.2, -0.15) is 5.10 Å². The summed E-state index contributed by atoms with van der Waals surface area (Å²) in [6, 6.07) is 7.92. The third-order valence-corrected chi connectivity index (χ3v) is 5.48. The van der Waals surface area contributed by atoms with Crippen LogP contribution in [0.2, 0.25) is 0 Å². The maximum atomic E-state index is 12.8. The maximum absolute atomic E-state index is 12.8. The molecule has 3 rings (SSSR count). The second kappa shape index (κ2) is 8.54. The Kier molecular flexibility index (Phi) is 6.34. The Bertz CT molecular complexity index is 795. The Morgan fingerprint density at radius 2 is 2.00 bits per heavy atom. The Hall–Kier alpha value is -1.70. The van der Waals surface area contributed by atoms with E-state index in [1.165, 1.54) is 0 Å². The normalized spacial score (nSPS) is 20.8. The smallest absolute Gasteiger partial charge is 0.277 e. The fourth-order valence-electron chi connectivity index (χ4n) is 3.49. The van der Waals surface area contributed by atoms with Gasteiger partial charge in [0.05, 0.1) is 22.4 Å². The number of benzene rings is 1. The van der Waals surface area contributed by atoms with E-state index >= 15 is 0 Å². The molecule has 1 amide bonds. The first-order valence-electron chi connectivity index (χ1n) is 9.36. The van der Waals surface area contributed by atoms with Gasteiger partial charge in [-0.05, 0) is 47.3 Å². The van der Waals surface area contributed by atoms with Gasteiger partial charge in [-0.1, -0.05) is 32.0 Å². The lowest BCUT2D eigenvalue weighted by Gasteiger charge is -2.35. The van der Waals surface area contributed by atoms with Gasteiger partial charge in [0.2, 0.25) is 0 Å². The van der Waals surface area contributed by atoms with E-state index in [2.05, 4.69) is 70.1 Å². The fraction of sp³-hybridized carbons (Fsp3) is 0.500. The van der Waals surface area contributed by atoms with Gasteiger partial charge in [-0.15, -0.1) is 0 Å². The van der Waals surface area contributed by atoms with Crippen LogP contribution in [-0.4, -0.2) is 46.3 Å². The van der Waals surface area contributed by atoms with E-state index in [4.69, 9.17) is 4.74 Å². The number of amides is 1. The minimum Gasteiger partial charge on any atom is -0.373 e. The van der Waals surface area contributed by atoms with Gasteiger partial charge in [-0.25, -0.2) is 0 Å². The lowest BCUT2D eigenvalue weighted by molar-refractivity contribution is -0.0704. The van der Waals surface area contributed by atoms with E-state index in [-0.39, 0.29) is 24.0 Å². The average Bonchev–Trinajstić information content (AvgIpc) is 2.97. The molecule has 7 heteroatoms. The van der Waals surface area contributed by atoms with Crippen LogP contribution in [0, 0.1) is 0 Å². The Morgan fingerprint density at radius 3 is 2.63 bits per heavy atom. The van der Waals surface area contributed by atoms with Gasteiger partial charge >= 0.3 is 0 Å². The number of aromatic nitrogens is 2. The average molecular weight is 435 g/mol. The molecule has 0 bridgehead atoms. The number of hydrogen-bond acceptors (Lipinski definition) is 4. The van der Waals surface area contributed by atoms with E-state index in [1.807, 2.05) is 18.2 Å². The molecule has 1 aromatic heterocycles. The first kappa shape index (κ1) is 20.0. The zero-order valence-electron chi connectivity index (χ0n) is 16.3. The van der Waals surface area contributed by atoms with Crippen molar-refractivity contribution in [2.75, 3.05) is 18.4 Å². The van der Waals surface area contributed by atoms with Crippen LogP contribution in [0.4, 0.5) is 5.69 Å². The van der Waals surface area contributed by atoms with Gasteiger partial charge < -0.3 is 10.1 Å². The number of H-pyrrole nitrogens is 1. The Morgan fingerprint density at radius 1 is 1.33 bits per heavy atom. The van der Waals surface area contributed by atoms with Crippen LogP contribution < -0.4 is 5.32 Å². The van der Waals surface area contributed by atoms with E-state index in [1.54, 1.807) is 0 Å². The number of aromatic amines is 1. The molecular weight excluding hydrogens is 408 g/mol. The van der Waals surface area contributed by atoms with Crippen molar-refractivity contribution in [3.8, 4) is 0 Å². The van der Waals surface area contributed by atoms with Crippen LogP contribution in [0.25, 0.3) is 0 Å². The summed E-state index contributed by atoms with van der Waals surface area (Å²) in [5, 5.41) is 10.2. The lowest BCUT2D eigenvalue weighted by atomic mass is 10.1. The summed E-state index contributed by atoms with van der Waals surface area (Å²) < 4.78 is 6.54. The summed E-state index contributed by atoms with van der Waals surface area (Å²) in [7, 11) is 0. The number of nitrogens with zero attached hydrogens (tertiary/aromatic N) is 2. The second-order valence-electron chi connectivity index (χ2n) is 7.52. The van der Waals surface area contributed by atoms with Crippen molar-refractivity contribution in [1.82, 2.24) is 15.1 Å². The molecule has 0 aliphatic carbocycles. The van der Waals surface area contributed by atoms with Gasteiger partial charge in [-0.3, -0.25) is 14.8 Å². The van der Waals surface area contributed by atoms with Crippen molar-refractivity contribution in [1.29, 1.82) is 0 Å². The van der Waals surface area contributed by atoms with Gasteiger partial charge in [0.25, 0.3) is 5.91 Å². The quantitative estimate of drug-likeness (QED) is 0.740. The minimum atomic E-state index is -0.221. The van der Waals surface area contributed by atoms with E-state index in [9.17, 15) is 4.79 Å². The van der Waals surface area contributed by atoms with E-state index in [0.717, 1.165) is 41.1 Å². The van der Waals surface area contributed by atoms with Crippen LogP contribution in [0.5, 0.6) is 0 Å². The molecule has 146 valence electrons. The SMILES string of the molecule is CC1CN(Cc2ccccc2NC(=O)c2n[nH]c(C(C)C)c2Br)CC(C)O1. The molecule has 2 heterocycles. The third-order valence-electron chi connectivity index (χ3n) is 4.68. The summed E-state index contributed by atoms with van der Waals surface area (Å²) in [5.74, 6) is 0.0344. The number of anilines is 1. The number of halogens is 1. The first-order chi connectivity index (χ1) is 12.8. The molecule has 0 radical (unpaired) electrons. The van der Waals surface area contributed by atoms with Crippen LogP contribution in [-0.2, 0) is 11.3 Å². The second-order valence-corrected chi connectivity index (χ2v) is 8.31. The molecule has 2 N–H and O–H groups in total. The molecule has 2 aromatic rings. The van der Waals surface area contributed by atoms with Gasteiger partial charge in [0.1, 0.15) is 0 Å².